The van der Waals surface area contributed by atoms with Crippen LogP contribution in [0.15, 0.2) is 4.42 Å². The van der Waals surface area contributed by atoms with Gasteiger partial charge in [0.2, 0.25) is 5.89 Å². The first-order chi connectivity index (χ1) is 6.73. The third-order valence-corrected chi connectivity index (χ3v) is 1.95. The van der Waals surface area contributed by atoms with E-state index in [0.29, 0.717) is 6.92 Å². The lowest BCUT2D eigenvalue weighted by Crippen LogP contribution is -2.08. The number of hydrogen-bond donors (Lipinski definition) is 1. The van der Waals surface area contributed by atoms with E-state index in [1.165, 1.54) is 13.8 Å². The summed E-state index contributed by atoms with van der Waals surface area (Å²) in [7, 11) is 0. The number of aryl methyl sites for hydroxylation is 1. The third kappa shape index (κ3) is 2.31. The van der Waals surface area contributed by atoms with Crippen LogP contribution in [0.25, 0.3) is 0 Å². The highest BCUT2D eigenvalue weighted by atomic mass is 19.3. The van der Waals surface area contributed by atoms with Gasteiger partial charge in [0.25, 0.3) is 0 Å². The highest BCUT2D eigenvalue weighted by molar-refractivity contribution is 5.74. The van der Waals surface area contributed by atoms with Crippen molar-refractivity contribution in [3.8, 4) is 0 Å². The Morgan fingerprint density at radius 1 is 1.60 bits per heavy atom. The minimum absolute atomic E-state index is 0.0191. The number of halogens is 2. The zero-order chi connectivity index (χ0) is 11.8. The van der Waals surface area contributed by atoms with E-state index in [1.807, 2.05) is 0 Å². The molecule has 6 heteroatoms. The zero-order valence-electron chi connectivity index (χ0n) is 8.54. The zero-order valence-corrected chi connectivity index (χ0v) is 8.54. The second kappa shape index (κ2) is 3.60. The molecule has 1 aromatic rings. The van der Waals surface area contributed by atoms with Gasteiger partial charge in [-0.2, -0.15) is 8.78 Å². The maximum absolute atomic E-state index is 12.9. The van der Waals surface area contributed by atoms with Crippen molar-refractivity contribution in [2.75, 3.05) is 0 Å². The number of hydrogen-bond acceptors (Lipinski definition) is 3. The van der Waals surface area contributed by atoms with Crippen molar-refractivity contribution in [2.45, 2.75) is 32.6 Å². The predicted octanol–water partition coefficient (Wildman–Crippen LogP) is 2.28. The Morgan fingerprint density at radius 3 is 2.47 bits per heavy atom. The van der Waals surface area contributed by atoms with Crippen LogP contribution in [0.3, 0.4) is 0 Å². The smallest absolute Gasteiger partial charge is 0.315 e. The van der Waals surface area contributed by atoms with Crippen molar-refractivity contribution in [1.29, 1.82) is 0 Å². The third-order valence-electron chi connectivity index (χ3n) is 1.95. The number of aromatic nitrogens is 1. The fourth-order valence-electron chi connectivity index (χ4n) is 1.12. The van der Waals surface area contributed by atoms with Gasteiger partial charge in [-0.1, -0.05) is 0 Å². The van der Waals surface area contributed by atoms with E-state index < -0.39 is 23.6 Å². The summed E-state index contributed by atoms with van der Waals surface area (Å²) in [5.41, 5.74) is 0.0191. The van der Waals surface area contributed by atoms with Gasteiger partial charge in [-0.05, 0) is 13.8 Å². The van der Waals surface area contributed by atoms with Gasteiger partial charge in [0.15, 0.2) is 5.76 Å². The topological polar surface area (TPSA) is 63.3 Å². The van der Waals surface area contributed by atoms with Crippen molar-refractivity contribution in [3.63, 3.8) is 0 Å². The van der Waals surface area contributed by atoms with E-state index in [0.717, 1.165) is 0 Å². The lowest BCUT2D eigenvalue weighted by molar-refractivity contribution is -0.138. The SMILES string of the molecule is Cc1nc(C(C)C(=O)O)oc1C(C)(F)F. The number of oxazole rings is 1. The first kappa shape index (κ1) is 11.6. The van der Waals surface area contributed by atoms with Gasteiger partial charge in [0.1, 0.15) is 5.92 Å². The molecule has 0 fully saturated rings. The van der Waals surface area contributed by atoms with Crippen LogP contribution in [0.5, 0.6) is 0 Å². The van der Waals surface area contributed by atoms with E-state index >= 15 is 0 Å². The van der Waals surface area contributed by atoms with Crippen molar-refractivity contribution < 1.29 is 23.1 Å². The fraction of sp³-hybridized carbons (Fsp3) is 0.556. The fourth-order valence-corrected chi connectivity index (χ4v) is 1.12. The summed E-state index contributed by atoms with van der Waals surface area (Å²) in [6, 6.07) is 0. The van der Waals surface area contributed by atoms with E-state index in [-0.39, 0.29) is 11.6 Å². The van der Waals surface area contributed by atoms with Crippen LogP contribution in [-0.2, 0) is 10.7 Å². The number of rotatable bonds is 3. The van der Waals surface area contributed by atoms with Gasteiger partial charge >= 0.3 is 11.9 Å². The Morgan fingerprint density at radius 2 is 2.13 bits per heavy atom. The molecule has 0 saturated carbocycles. The Hall–Kier alpha value is -1.46. The number of carboxylic acids is 1. The normalized spacial score (nSPS) is 13.9. The molecule has 1 N–H and O–H groups in total. The second-order valence-corrected chi connectivity index (χ2v) is 3.41. The Bertz CT molecular complexity index is 381. The molecule has 0 aromatic carbocycles. The van der Waals surface area contributed by atoms with E-state index in [2.05, 4.69) is 4.98 Å². The highest BCUT2D eigenvalue weighted by Crippen LogP contribution is 2.31. The van der Waals surface area contributed by atoms with E-state index in [9.17, 15) is 13.6 Å². The molecule has 0 aliphatic heterocycles. The molecule has 1 unspecified atom stereocenters. The van der Waals surface area contributed by atoms with Gasteiger partial charge in [-0.3, -0.25) is 4.79 Å². The Labute approximate surface area is 84.9 Å². The monoisotopic (exact) mass is 219 g/mol. The molecule has 1 atom stereocenters. The molecule has 1 heterocycles. The molecule has 0 saturated heterocycles. The summed E-state index contributed by atoms with van der Waals surface area (Å²) in [6.45, 7) is 3.36. The van der Waals surface area contributed by atoms with Crippen LogP contribution in [0.4, 0.5) is 8.78 Å². The van der Waals surface area contributed by atoms with Gasteiger partial charge in [-0.15, -0.1) is 0 Å². The number of aliphatic carboxylic acids is 1. The summed E-state index contributed by atoms with van der Waals surface area (Å²) in [4.78, 5) is 14.3. The molecule has 0 amide bonds. The average Bonchev–Trinajstić information content (AvgIpc) is 2.44. The number of carboxylic acid groups (broad SMARTS) is 1. The van der Waals surface area contributed by atoms with Crippen LogP contribution < -0.4 is 0 Å². The molecule has 0 bridgehead atoms. The average molecular weight is 219 g/mol. The number of alkyl halides is 2. The Balaban J connectivity index is 3.11. The van der Waals surface area contributed by atoms with Gasteiger partial charge in [-0.25, -0.2) is 4.98 Å². The number of carbonyl (C=O) groups is 1. The molecular weight excluding hydrogens is 208 g/mol. The predicted molar refractivity (Wildman–Crippen MR) is 46.9 cm³/mol. The molecule has 0 aliphatic carbocycles. The van der Waals surface area contributed by atoms with Gasteiger partial charge in [0.05, 0.1) is 5.69 Å². The van der Waals surface area contributed by atoms with E-state index in [4.69, 9.17) is 9.52 Å². The second-order valence-electron chi connectivity index (χ2n) is 3.41. The van der Waals surface area contributed by atoms with Gasteiger partial charge < -0.3 is 9.52 Å². The molecule has 4 nitrogen and oxygen atoms in total. The maximum Gasteiger partial charge on any atom is 0.315 e. The summed E-state index contributed by atoms with van der Waals surface area (Å²) in [5.74, 6) is -6.11. The molecule has 0 spiro atoms. The largest absolute Gasteiger partial charge is 0.481 e. The minimum Gasteiger partial charge on any atom is -0.481 e. The summed E-state index contributed by atoms with van der Waals surface area (Å²) in [6.07, 6.45) is 0. The van der Waals surface area contributed by atoms with Crippen molar-refractivity contribution in [1.82, 2.24) is 4.98 Å². The van der Waals surface area contributed by atoms with Crippen LogP contribution in [0.2, 0.25) is 0 Å². The molecule has 1 aromatic heterocycles. The Kier molecular flexibility index (Phi) is 2.79. The van der Waals surface area contributed by atoms with Crippen LogP contribution in [0.1, 0.15) is 37.1 Å². The molecule has 84 valence electrons. The lowest BCUT2D eigenvalue weighted by Gasteiger charge is -2.06. The van der Waals surface area contributed by atoms with Crippen LogP contribution in [0, 0.1) is 6.92 Å². The van der Waals surface area contributed by atoms with Gasteiger partial charge in [0, 0.05) is 6.92 Å². The quantitative estimate of drug-likeness (QED) is 0.847. The molecule has 0 aliphatic rings. The number of nitrogens with zero attached hydrogens (tertiary/aromatic N) is 1. The first-order valence-electron chi connectivity index (χ1n) is 4.32. The molecular formula is C9H11F2NO3. The first-order valence-corrected chi connectivity index (χ1v) is 4.32. The van der Waals surface area contributed by atoms with Crippen molar-refractivity contribution in [3.05, 3.63) is 17.3 Å². The van der Waals surface area contributed by atoms with Crippen molar-refractivity contribution >= 4 is 5.97 Å². The maximum atomic E-state index is 12.9. The highest BCUT2D eigenvalue weighted by Gasteiger charge is 2.34. The molecule has 1 rings (SSSR count). The summed E-state index contributed by atoms with van der Waals surface area (Å²) < 4.78 is 30.6. The lowest BCUT2D eigenvalue weighted by atomic mass is 10.2. The molecule has 0 radical (unpaired) electrons. The van der Waals surface area contributed by atoms with Crippen molar-refractivity contribution in [2.24, 2.45) is 0 Å². The van der Waals surface area contributed by atoms with E-state index in [1.54, 1.807) is 0 Å². The summed E-state index contributed by atoms with van der Waals surface area (Å²) in [5, 5.41) is 8.65. The summed E-state index contributed by atoms with van der Waals surface area (Å²) >= 11 is 0. The standard InChI is InChI=1S/C9H11F2NO3/c1-4(8(13)14)7-12-5(2)6(15-7)9(3,10)11/h4H,1-3H3,(H,13,14). The molecule has 15 heavy (non-hydrogen) atoms. The van der Waals surface area contributed by atoms with Crippen LogP contribution in [-0.4, -0.2) is 16.1 Å². The van der Waals surface area contributed by atoms with Crippen LogP contribution >= 0.6 is 0 Å². The minimum atomic E-state index is -3.15.